The van der Waals surface area contributed by atoms with Gasteiger partial charge in [0.05, 0.1) is 0 Å². The molecular weight excluding hydrogens is 775 g/mol. The first-order valence-electron chi connectivity index (χ1n) is 21.8. The van der Waals surface area contributed by atoms with Crippen LogP contribution in [0.3, 0.4) is 0 Å². The molecule has 0 atom stereocenters. The lowest BCUT2D eigenvalue weighted by Crippen LogP contribution is -2.01. The fourth-order valence-corrected chi connectivity index (χ4v) is 10.1. The molecule has 0 aliphatic rings. The van der Waals surface area contributed by atoms with Crippen LogP contribution in [0.4, 0.5) is 0 Å². The van der Waals surface area contributed by atoms with Gasteiger partial charge in [0.1, 0.15) is 0 Å². The van der Waals surface area contributed by atoms with Gasteiger partial charge in [0.15, 0.2) is 17.5 Å². The molecule has 3 nitrogen and oxygen atoms in total. The van der Waals surface area contributed by atoms with Crippen LogP contribution in [0, 0.1) is 0 Å². The van der Waals surface area contributed by atoms with Crippen molar-refractivity contribution in [2.45, 2.75) is 0 Å². The maximum Gasteiger partial charge on any atom is 0.164 e. The van der Waals surface area contributed by atoms with Crippen molar-refractivity contribution in [3.8, 4) is 67.5 Å². The molecule has 13 rings (SSSR count). The molecule has 296 valence electrons. The predicted octanol–water partition coefficient (Wildman–Crippen LogP) is 16.2. The Hall–Kier alpha value is -8.53. The fraction of sp³-hybridized carbons (Fsp3) is 0. The minimum absolute atomic E-state index is 0.627. The van der Waals surface area contributed by atoms with Crippen molar-refractivity contribution in [1.29, 1.82) is 0 Å². The smallest absolute Gasteiger partial charge is 0.164 e. The quantitative estimate of drug-likeness (QED) is 0.157. The van der Waals surface area contributed by atoms with Gasteiger partial charge >= 0.3 is 0 Å². The second-order valence-electron chi connectivity index (χ2n) is 16.7. The lowest BCUT2D eigenvalue weighted by molar-refractivity contribution is 1.07. The van der Waals surface area contributed by atoms with E-state index in [0.29, 0.717) is 17.5 Å². The summed E-state index contributed by atoms with van der Waals surface area (Å²) in [6.07, 6.45) is 0. The Bertz CT molecular complexity index is 3940. The molecule has 0 unspecified atom stereocenters. The number of hydrogen-bond donors (Lipinski definition) is 0. The molecule has 0 spiro atoms. The largest absolute Gasteiger partial charge is 0.208 e. The Balaban J connectivity index is 1.01. The summed E-state index contributed by atoms with van der Waals surface area (Å²) in [5.74, 6) is 1.89. The zero-order chi connectivity index (χ0) is 42.1. The summed E-state index contributed by atoms with van der Waals surface area (Å²) in [7, 11) is 0. The summed E-state index contributed by atoms with van der Waals surface area (Å²) < 4.78 is 0. The topological polar surface area (TPSA) is 38.7 Å². The first-order chi connectivity index (χ1) is 31.7. The van der Waals surface area contributed by atoms with E-state index in [4.69, 9.17) is 15.0 Å². The Morgan fingerprint density at radius 1 is 0.203 bits per heavy atom. The highest BCUT2D eigenvalue weighted by Gasteiger charge is 2.19. The third-order valence-electron chi connectivity index (χ3n) is 13.0. The number of rotatable bonds is 6. The van der Waals surface area contributed by atoms with Gasteiger partial charge in [-0.1, -0.05) is 200 Å². The van der Waals surface area contributed by atoms with E-state index in [1.54, 1.807) is 0 Å². The van der Waals surface area contributed by atoms with Crippen molar-refractivity contribution in [1.82, 2.24) is 15.0 Å². The summed E-state index contributed by atoms with van der Waals surface area (Å²) in [5.41, 5.74) is 9.53. The van der Waals surface area contributed by atoms with Crippen LogP contribution >= 0.6 is 0 Å². The summed E-state index contributed by atoms with van der Waals surface area (Å²) in [4.78, 5) is 15.5. The van der Waals surface area contributed by atoms with Gasteiger partial charge in [0.25, 0.3) is 0 Å². The maximum atomic E-state index is 5.23. The third kappa shape index (κ3) is 5.86. The van der Waals surface area contributed by atoms with Crippen LogP contribution in [0.2, 0.25) is 0 Å². The van der Waals surface area contributed by atoms with Crippen LogP contribution < -0.4 is 0 Å². The van der Waals surface area contributed by atoms with Gasteiger partial charge in [-0.3, -0.25) is 0 Å². The maximum absolute atomic E-state index is 5.23. The summed E-state index contributed by atoms with van der Waals surface area (Å²) in [6.45, 7) is 0. The molecule has 3 heteroatoms. The minimum atomic E-state index is 0.627. The van der Waals surface area contributed by atoms with E-state index >= 15 is 0 Å². The van der Waals surface area contributed by atoms with E-state index in [-0.39, 0.29) is 0 Å². The zero-order valence-electron chi connectivity index (χ0n) is 34.7. The Kier molecular flexibility index (Phi) is 8.22. The lowest BCUT2D eigenvalue weighted by Gasteiger charge is -2.17. The minimum Gasteiger partial charge on any atom is -0.208 e. The molecule has 0 bridgehead atoms. The Morgan fingerprint density at radius 3 is 1.27 bits per heavy atom. The monoisotopic (exact) mass is 811 g/mol. The van der Waals surface area contributed by atoms with E-state index in [0.717, 1.165) is 44.5 Å². The molecule has 0 aliphatic carbocycles. The van der Waals surface area contributed by atoms with Gasteiger partial charge in [-0.25, -0.2) is 15.0 Å². The van der Waals surface area contributed by atoms with Crippen LogP contribution in [0.25, 0.3) is 132 Å². The average molecular weight is 812 g/mol. The SMILES string of the molecule is c1ccc(-c2cccc(-c3nc(-c4ccccc4)nc(-c4ccccc4-c4cccc(-c5cc6ccc7cccc8c9cccc%10ccc%11cccc(c(c5)c6c78)c%11c%109)c4)n3)c2)cc1. The second-order valence-corrected chi connectivity index (χ2v) is 16.7. The molecule has 0 fully saturated rings. The molecule has 0 radical (unpaired) electrons. The first kappa shape index (κ1) is 36.2. The Labute approximate surface area is 370 Å². The molecule has 64 heavy (non-hydrogen) atoms. The van der Waals surface area contributed by atoms with Gasteiger partial charge in [0.2, 0.25) is 0 Å². The van der Waals surface area contributed by atoms with Gasteiger partial charge < -0.3 is 0 Å². The third-order valence-corrected chi connectivity index (χ3v) is 13.0. The van der Waals surface area contributed by atoms with Gasteiger partial charge in [0, 0.05) is 16.7 Å². The van der Waals surface area contributed by atoms with Crippen molar-refractivity contribution in [3.63, 3.8) is 0 Å². The van der Waals surface area contributed by atoms with E-state index in [1.165, 1.54) is 70.2 Å². The second kappa shape index (κ2) is 14.5. The molecule has 0 aliphatic heterocycles. The van der Waals surface area contributed by atoms with Crippen LogP contribution in [-0.2, 0) is 0 Å². The molecule has 0 saturated heterocycles. The molecular formula is C61H37N3. The Morgan fingerprint density at radius 2 is 0.625 bits per heavy atom. The number of benzene rings is 11. The van der Waals surface area contributed by atoms with Gasteiger partial charge in [-0.05, 0) is 122 Å². The standard InChI is InChI=1S/C61H37N3/c1-3-14-38(15-4-1)43-21-10-24-47(35-43)60-62-59(42-16-5-2-6-17-42)63-61(64-60)53-26-8-7-25-49(53)45-23-9-22-44(34-45)48-36-46-33-32-41-19-12-28-51-50-27-11-18-39-30-31-40-20-13-29-52(57(40)55(39)50)54(37-48)58(46)56(41)51/h1-37H. The predicted molar refractivity (Wildman–Crippen MR) is 269 cm³/mol. The van der Waals surface area contributed by atoms with Crippen molar-refractivity contribution >= 4 is 64.6 Å². The van der Waals surface area contributed by atoms with E-state index < -0.39 is 0 Å². The lowest BCUT2D eigenvalue weighted by atomic mass is 9.86. The molecule has 0 saturated carbocycles. The van der Waals surface area contributed by atoms with Gasteiger partial charge in [-0.15, -0.1) is 0 Å². The summed E-state index contributed by atoms with van der Waals surface area (Å²) in [6, 6.07) is 80.8. The first-order valence-corrected chi connectivity index (χ1v) is 21.8. The highest BCUT2D eigenvalue weighted by Crippen LogP contribution is 2.45. The van der Waals surface area contributed by atoms with Crippen molar-refractivity contribution in [3.05, 3.63) is 224 Å². The van der Waals surface area contributed by atoms with E-state index in [2.05, 4.69) is 200 Å². The van der Waals surface area contributed by atoms with Crippen molar-refractivity contribution in [2.24, 2.45) is 0 Å². The number of aromatic nitrogens is 3. The molecule has 12 aromatic carbocycles. The fourth-order valence-electron chi connectivity index (χ4n) is 10.1. The number of nitrogens with zero attached hydrogens (tertiary/aromatic N) is 3. The van der Waals surface area contributed by atoms with Crippen LogP contribution in [0.15, 0.2) is 224 Å². The summed E-state index contributed by atoms with van der Waals surface area (Å²) >= 11 is 0. The number of fused-ring (bicyclic) bond motifs is 2. The van der Waals surface area contributed by atoms with Crippen molar-refractivity contribution in [2.75, 3.05) is 0 Å². The summed E-state index contributed by atoms with van der Waals surface area (Å²) in [5, 5.41) is 15.3. The van der Waals surface area contributed by atoms with Gasteiger partial charge in [-0.2, -0.15) is 0 Å². The van der Waals surface area contributed by atoms with Crippen molar-refractivity contribution < 1.29 is 0 Å². The average Bonchev–Trinajstić information content (AvgIpc) is 3.37. The highest BCUT2D eigenvalue weighted by molar-refractivity contribution is 6.37. The molecule has 1 heterocycles. The van der Waals surface area contributed by atoms with E-state index in [1.807, 2.05) is 24.3 Å². The van der Waals surface area contributed by atoms with Crippen LogP contribution in [-0.4, -0.2) is 15.0 Å². The molecule has 13 aromatic rings. The zero-order valence-corrected chi connectivity index (χ0v) is 34.7. The van der Waals surface area contributed by atoms with Crippen LogP contribution in [0.5, 0.6) is 0 Å². The molecule has 1 aromatic heterocycles. The highest BCUT2D eigenvalue weighted by atomic mass is 15.0. The van der Waals surface area contributed by atoms with Crippen LogP contribution in [0.1, 0.15) is 0 Å². The number of hydrogen-bond acceptors (Lipinski definition) is 3. The normalized spacial score (nSPS) is 11.8. The molecule has 0 N–H and O–H groups in total. The van der Waals surface area contributed by atoms with E-state index in [9.17, 15) is 0 Å². The molecule has 0 amide bonds.